The van der Waals surface area contributed by atoms with Crippen LogP contribution in [0.5, 0.6) is 0 Å². The Labute approximate surface area is 121 Å². The Morgan fingerprint density at radius 3 is 2.60 bits per heavy atom. The number of nitrogens with two attached hydrogens (primary N) is 1. The molecule has 0 unspecified atom stereocenters. The van der Waals surface area contributed by atoms with Crippen molar-refractivity contribution in [2.75, 3.05) is 12.8 Å². The van der Waals surface area contributed by atoms with Crippen molar-refractivity contribution < 1.29 is 12.8 Å². The highest BCUT2D eigenvalue weighted by atomic mass is 32.2. The SMILES string of the molecule is Cc1ccsc1CN(C)S(=O)(=O)c1ccc(F)cc1N. The summed E-state index contributed by atoms with van der Waals surface area (Å²) in [5, 5.41) is 1.91. The van der Waals surface area contributed by atoms with Crippen LogP contribution in [0.3, 0.4) is 0 Å². The number of nitrogens with zero attached hydrogens (tertiary/aromatic N) is 1. The number of hydrogen-bond donors (Lipinski definition) is 1. The van der Waals surface area contributed by atoms with Crippen LogP contribution in [0.25, 0.3) is 0 Å². The maximum atomic E-state index is 13.0. The lowest BCUT2D eigenvalue weighted by Gasteiger charge is -2.18. The van der Waals surface area contributed by atoms with E-state index in [1.165, 1.54) is 28.8 Å². The van der Waals surface area contributed by atoms with E-state index in [0.29, 0.717) is 0 Å². The monoisotopic (exact) mass is 314 g/mol. The van der Waals surface area contributed by atoms with Gasteiger partial charge in [0, 0.05) is 18.5 Å². The molecular weight excluding hydrogens is 299 g/mol. The third-order valence-electron chi connectivity index (χ3n) is 2.99. The molecule has 0 radical (unpaired) electrons. The lowest BCUT2D eigenvalue weighted by molar-refractivity contribution is 0.469. The maximum Gasteiger partial charge on any atom is 0.245 e. The fourth-order valence-corrected chi connectivity index (χ4v) is 4.05. The van der Waals surface area contributed by atoms with Crippen LogP contribution >= 0.6 is 11.3 Å². The second-order valence-electron chi connectivity index (χ2n) is 4.47. The Morgan fingerprint density at radius 1 is 1.35 bits per heavy atom. The van der Waals surface area contributed by atoms with Gasteiger partial charge in [-0.3, -0.25) is 0 Å². The molecule has 0 amide bonds. The van der Waals surface area contributed by atoms with E-state index >= 15 is 0 Å². The predicted octanol–water partition coefficient (Wildman–Crippen LogP) is 2.60. The summed E-state index contributed by atoms with van der Waals surface area (Å²) in [6, 6.07) is 5.23. The molecular formula is C13H15FN2O2S2. The topological polar surface area (TPSA) is 63.4 Å². The Kier molecular flexibility index (Phi) is 4.12. The van der Waals surface area contributed by atoms with Crippen LogP contribution in [0, 0.1) is 12.7 Å². The minimum absolute atomic E-state index is 0.0735. The Hall–Kier alpha value is -1.44. The minimum atomic E-state index is -3.73. The number of thiophene rings is 1. The van der Waals surface area contributed by atoms with Gasteiger partial charge in [-0.25, -0.2) is 12.8 Å². The highest BCUT2D eigenvalue weighted by molar-refractivity contribution is 7.89. The second kappa shape index (κ2) is 5.51. The van der Waals surface area contributed by atoms with Gasteiger partial charge in [0.25, 0.3) is 0 Å². The van der Waals surface area contributed by atoms with E-state index < -0.39 is 15.8 Å². The van der Waals surface area contributed by atoms with Gasteiger partial charge in [-0.1, -0.05) is 0 Å². The van der Waals surface area contributed by atoms with Crippen LogP contribution in [-0.2, 0) is 16.6 Å². The van der Waals surface area contributed by atoms with Crippen molar-refractivity contribution in [3.8, 4) is 0 Å². The van der Waals surface area contributed by atoms with Gasteiger partial charge in [-0.2, -0.15) is 4.31 Å². The van der Waals surface area contributed by atoms with Gasteiger partial charge in [-0.05, 0) is 42.1 Å². The molecule has 0 saturated heterocycles. The van der Waals surface area contributed by atoms with Gasteiger partial charge in [-0.15, -0.1) is 11.3 Å². The summed E-state index contributed by atoms with van der Waals surface area (Å²) in [6.07, 6.45) is 0. The summed E-state index contributed by atoms with van der Waals surface area (Å²) in [6.45, 7) is 2.20. The number of anilines is 1. The Morgan fingerprint density at radius 2 is 2.05 bits per heavy atom. The first-order valence-electron chi connectivity index (χ1n) is 5.86. The fraction of sp³-hybridized carbons (Fsp3) is 0.231. The van der Waals surface area contributed by atoms with Gasteiger partial charge < -0.3 is 5.73 Å². The Balaban J connectivity index is 2.32. The molecule has 0 spiro atoms. The van der Waals surface area contributed by atoms with E-state index in [4.69, 9.17) is 5.73 Å². The first-order valence-corrected chi connectivity index (χ1v) is 8.18. The zero-order valence-corrected chi connectivity index (χ0v) is 12.8. The van der Waals surface area contributed by atoms with Gasteiger partial charge in [0.05, 0.1) is 5.69 Å². The van der Waals surface area contributed by atoms with Crippen molar-refractivity contribution in [3.05, 3.63) is 45.9 Å². The zero-order valence-electron chi connectivity index (χ0n) is 11.1. The molecule has 7 heteroatoms. The molecule has 0 aliphatic rings. The first-order chi connectivity index (χ1) is 9.32. The van der Waals surface area contributed by atoms with Crippen molar-refractivity contribution in [2.45, 2.75) is 18.4 Å². The quantitative estimate of drug-likeness (QED) is 0.882. The molecule has 0 saturated carbocycles. The lowest BCUT2D eigenvalue weighted by atomic mass is 10.3. The second-order valence-corrected chi connectivity index (χ2v) is 7.48. The van der Waals surface area contributed by atoms with Crippen molar-refractivity contribution in [1.29, 1.82) is 0 Å². The maximum absolute atomic E-state index is 13.0. The van der Waals surface area contributed by atoms with E-state index in [2.05, 4.69) is 0 Å². The van der Waals surface area contributed by atoms with Crippen molar-refractivity contribution >= 4 is 27.0 Å². The van der Waals surface area contributed by atoms with Gasteiger partial charge >= 0.3 is 0 Å². The summed E-state index contributed by atoms with van der Waals surface area (Å²) in [7, 11) is -2.25. The molecule has 108 valence electrons. The molecule has 1 aromatic heterocycles. The number of hydrogen-bond acceptors (Lipinski definition) is 4. The lowest BCUT2D eigenvalue weighted by Crippen LogP contribution is -2.27. The van der Waals surface area contributed by atoms with E-state index in [0.717, 1.165) is 22.6 Å². The number of benzene rings is 1. The molecule has 0 bridgehead atoms. The molecule has 20 heavy (non-hydrogen) atoms. The summed E-state index contributed by atoms with van der Waals surface area (Å²) in [5.74, 6) is -0.557. The number of nitrogen functional groups attached to an aromatic ring is 1. The van der Waals surface area contributed by atoms with Crippen LogP contribution in [-0.4, -0.2) is 19.8 Å². The van der Waals surface area contributed by atoms with Gasteiger partial charge in [0.15, 0.2) is 0 Å². The molecule has 1 heterocycles. The van der Waals surface area contributed by atoms with Crippen LogP contribution < -0.4 is 5.73 Å². The Bertz CT molecular complexity index is 726. The predicted molar refractivity (Wildman–Crippen MR) is 78.5 cm³/mol. The summed E-state index contributed by atoms with van der Waals surface area (Å²) in [4.78, 5) is 0.896. The van der Waals surface area contributed by atoms with Crippen LogP contribution in [0.4, 0.5) is 10.1 Å². The van der Waals surface area contributed by atoms with E-state index in [9.17, 15) is 12.8 Å². The molecule has 2 aromatic rings. The normalized spacial score (nSPS) is 12.0. The molecule has 0 aliphatic heterocycles. The van der Waals surface area contributed by atoms with Gasteiger partial charge in [0.1, 0.15) is 10.7 Å². The minimum Gasteiger partial charge on any atom is -0.398 e. The van der Waals surface area contributed by atoms with Crippen LogP contribution in [0.15, 0.2) is 34.5 Å². The number of sulfonamides is 1. The summed E-state index contributed by atoms with van der Waals surface area (Å²) < 4.78 is 39.1. The molecule has 1 aromatic carbocycles. The third-order valence-corrected chi connectivity index (χ3v) is 5.88. The van der Waals surface area contributed by atoms with E-state index in [-0.39, 0.29) is 17.1 Å². The smallest absolute Gasteiger partial charge is 0.245 e. The van der Waals surface area contributed by atoms with Crippen LogP contribution in [0.2, 0.25) is 0 Å². The molecule has 2 rings (SSSR count). The summed E-state index contributed by atoms with van der Waals surface area (Å²) in [5.41, 5.74) is 6.57. The first kappa shape index (κ1) is 15.0. The standard InChI is InChI=1S/C13H15FN2O2S2/c1-9-5-6-19-12(9)8-16(2)20(17,18)13-4-3-10(14)7-11(13)15/h3-7H,8,15H2,1-2H3. The fourth-order valence-electron chi connectivity index (χ4n) is 1.78. The number of rotatable bonds is 4. The molecule has 2 N–H and O–H groups in total. The highest BCUT2D eigenvalue weighted by Crippen LogP contribution is 2.25. The van der Waals surface area contributed by atoms with Crippen molar-refractivity contribution in [2.24, 2.45) is 0 Å². The van der Waals surface area contributed by atoms with Crippen LogP contribution in [0.1, 0.15) is 10.4 Å². The summed E-state index contributed by atoms with van der Waals surface area (Å²) >= 11 is 1.50. The number of aryl methyl sites for hydroxylation is 1. The highest BCUT2D eigenvalue weighted by Gasteiger charge is 2.24. The van der Waals surface area contributed by atoms with Gasteiger partial charge in [0.2, 0.25) is 10.0 Å². The van der Waals surface area contributed by atoms with Crippen molar-refractivity contribution in [3.63, 3.8) is 0 Å². The average Bonchev–Trinajstić information content (AvgIpc) is 2.74. The van der Waals surface area contributed by atoms with E-state index in [1.807, 2.05) is 18.4 Å². The van der Waals surface area contributed by atoms with Crippen molar-refractivity contribution in [1.82, 2.24) is 4.31 Å². The zero-order chi connectivity index (χ0) is 14.9. The molecule has 0 aliphatic carbocycles. The number of halogens is 1. The largest absolute Gasteiger partial charge is 0.398 e. The average molecular weight is 314 g/mol. The molecule has 0 atom stereocenters. The molecule has 4 nitrogen and oxygen atoms in total. The third kappa shape index (κ3) is 2.84. The van der Waals surface area contributed by atoms with E-state index in [1.54, 1.807) is 0 Å². The molecule has 0 fully saturated rings.